The van der Waals surface area contributed by atoms with Gasteiger partial charge in [-0.25, -0.2) is 0 Å². The van der Waals surface area contributed by atoms with Gasteiger partial charge in [0.2, 0.25) is 5.91 Å². The molecule has 2 heterocycles. The third-order valence-electron chi connectivity index (χ3n) is 2.14. The van der Waals surface area contributed by atoms with E-state index in [1.54, 1.807) is 18.4 Å². The Morgan fingerprint density at radius 3 is 2.87 bits per heavy atom. The second-order valence-electron chi connectivity index (χ2n) is 3.27. The minimum absolute atomic E-state index is 0.0687. The normalized spacial score (nSPS) is 10.7. The van der Waals surface area contributed by atoms with Crippen LogP contribution in [0.4, 0.5) is 0 Å². The van der Waals surface area contributed by atoms with E-state index in [0.29, 0.717) is 11.3 Å². The highest BCUT2D eigenvalue weighted by Crippen LogP contribution is 2.17. The van der Waals surface area contributed by atoms with Crippen molar-refractivity contribution in [2.45, 2.75) is 12.8 Å². The summed E-state index contributed by atoms with van der Waals surface area (Å²) in [5.74, 6) is -0.612. The van der Waals surface area contributed by atoms with Crippen LogP contribution in [-0.4, -0.2) is 16.7 Å². The molecule has 0 bridgehead atoms. The maximum absolute atomic E-state index is 11.5. The predicted molar refractivity (Wildman–Crippen MR) is 53.3 cm³/mol. The number of carbonyl (C=O) groups excluding carboxylic acids is 2. The third kappa shape index (κ3) is 1.90. The van der Waals surface area contributed by atoms with Crippen LogP contribution in [0, 0.1) is 0 Å². The zero-order valence-electron chi connectivity index (χ0n) is 7.95. The van der Waals surface area contributed by atoms with E-state index in [9.17, 15) is 9.59 Å². The van der Waals surface area contributed by atoms with Gasteiger partial charge in [-0.05, 0) is 0 Å². The molecule has 1 amide bonds. The molecule has 0 spiro atoms. The van der Waals surface area contributed by atoms with Crippen molar-refractivity contribution >= 4 is 22.8 Å². The van der Waals surface area contributed by atoms with E-state index in [4.69, 9.17) is 10.2 Å². The molecule has 0 aliphatic carbocycles. The average Bonchev–Trinajstić information content (AvgIpc) is 2.72. The minimum atomic E-state index is -0.474. The lowest BCUT2D eigenvalue weighted by molar-refractivity contribution is -0.118. The number of ketones is 1. The minimum Gasteiger partial charge on any atom is -0.463 e. The number of Topliss-reactive ketones (excluding diaryl/α,β-unsaturated/α-hetero) is 1. The first-order valence-electron chi connectivity index (χ1n) is 4.54. The molecular formula is C10H10N2O3. The number of nitrogens with one attached hydrogen (secondary N) is 1. The van der Waals surface area contributed by atoms with Gasteiger partial charge in [-0.1, -0.05) is 0 Å². The molecule has 2 aromatic rings. The quantitative estimate of drug-likeness (QED) is 0.737. The highest BCUT2D eigenvalue weighted by molar-refractivity contribution is 5.99. The summed E-state index contributed by atoms with van der Waals surface area (Å²) < 4.78 is 5.10. The Kier molecular flexibility index (Phi) is 2.29. The number of aromatic nitrogens is 1. The van der Waals surface area contributed by atoms with Crippen molar-refractivity contribution < 1.29 is 14.0 Å². The van der Waals surface area contributed by atoms with Gasteiger partial charge in [0.15, 0.2) is 11.4 Å². The molecule has 0 atom stereocenters. The first kappa shape index (κ1) is 9.51. The summed E-state index contributed by atoms with van der Waals surface area (Å²) in [5, 5.41) is 0. The van der Waals surface area contributed by atoms with E-state index in [1.807, 2.05) is 0 Å². The van der Waals surface area contributed by atoms with Crippen LogP contribution in [0.1, 0.15) is 23.3 Å². The average molecular weight is 206 g/mol. The van der Waals surface area contributed by atoms with Crippen LogP contribution >= 0.6 is 0 Å². The Morgan fingerprint density at radius 2 is 2.20 bits per heavy atom. The van der Waals surface area contributed by atoms with Crippen LogP contribution < -0.4 is 5.73 Å². The molecule has 0 saturated heterocycles. The summed E-state index contributed by atoms with van der Waals surface area (Å²) in [6.07, 6.45) is 1.73. The second-order valence-corrected chi connectivity index (χ2v) is 3.27. The van der Waals surface area contributed by atoms with Gasteiger partial charge in [-0.2, -0.15) is 0 Å². The molecule has 2 rings (SSSR count). The zero-order valence-corrected chi connectivity index (χ0v) is 7.95. The van der Waals surface area contributed by atoms with Gasteiger partial charge in [0.05, 0.1) is 17.5 Å². The number of carbonyl (C=O) groups is 2. The molecule has 0 aromatic carbocycles. The molecule has 2 aromatic heterocycles. The van der Waals surface area contributed by atoms with Crippen molar-refractivity contribution in [3.63, 3.8) is 0 Å². The lowest BCUT2D eigenvalue weighted by Gasteiger charge is -1.94. The Morgan fingerprint density at radius 1 is 1.40 bits per heavy atom. The summed E-state index contributed by atoms with van der Waals surface area (Å²) in [6, 6.07) is 3.36. The van der Waals surface area contributed by atoms with E-state index >= 15 is 0 Å². The van der Waals surface area contributed by atoms with E-state index in [-0.39, 0.29) is 18.6 Å². The van der Waals surface area contributed by atoms with Gasteiger partial charge in [0.25, 0.3) is 0 Å². The van der Waals surface area contributed by atoms with Crippen molar-refractivity contribution in [3.8, 4) is 0 Å². The molecule has 0 aliphatic heterocycles. The number of aromatic amines is 1. The van der Waals surface area contributed by atoms with E-state index in [1.165, 1.54) is 0 Å². The van der Waals surface area contributed by atoms with E-state index in [2.05, 4.69) is 4.98 Å². The van der Waals surface area contributed by atoms with E-state index < -0.39 is 5.91 Å². The fourth-order valence-electron chi connectivity index (χ4n) is 1.37. The van der Waals surface area contributed by atoms with E-state index in [0.717, 1.165) is 5.52 Å². The van der Waals surface area contributed by atoms with Gasteiger partial charge < -0.3 is 15.1 Å². The number of nitrogens with two attached hydrogens (primary N) is 1. The van der Waals surface area contributed by atoms with Crippen LogP contribution in [0.2, 0.25) is 0 Å². The maximum Gasteiger partial charge on any atom is 0.217 e. The molecule has 0 radical (unpaired) electrons. The van der Waals surface area contributed by atoms with Crippen molar-refractivity contribution in [3.05, 3.63) is 24.1 Å². The number of fused-ring (bicyclic) bond motifs is 1. The fraction of sp³-hybridized carbons (Fsp3) is 0.200. The van der Waals surface area contributed by atoms with Gasteiger partial charge in [-0.15, -0.1) is 0 Å². The second kappa shape index (κ2) is 3.61. The summed E-state index contributed by atoms with van der Waals surface area (Å²) in [5.41, 5.74) is 6.82. The Balaban J connectivity index is 2.13. The molecule has 15 heavy (non-hydrogen) atoms. The number of H-pyrrole nitrogens is 1. The predicted octanol–water partition coefficient (Wildman–Crippen LogP) is 1.21. The Hall–Kier alpha value is -2.04. The maximum atomic E-state index is 11.5. The van der Waals surface area contributed by atoms with Crippen molar-refractivity contribution in [1.29, 1.82) is 0 Å². The molecule has 5 nitrogen and oxygen atoms in total. The number of hydrogen-bond acceptors (Lipinski definition) is 3. The largest absolute Gasteiger partial charge is 0.463 e. The Labute approximate surface area is 85.2 Å². The molecular weight excluding hydrogens is 196 g/mol. The topological polar surface area (TPSA) is 89.1 Å². The number of furan rings is 1. The van der Waals surface area contributed by atoms with Gasteiger partial charge in [0.1, 0.15) is 0 Å². The highest BCUT2D eigenvalue weighted by atomic mass is 16.3. The summed E-state index contributed by atoms with van der Waals surface area (Å²) >= 11 is 0. The fourth-order valence-corrected chi connectivity index (χ4v) is 1.37. The molecule has 0 saturated carbocycles. The molecule has 3 N–H and O–H groups in total. The van der Waals surface area contributed by atoms with Crippen molar-refractivity contribution in [2.24, 2.45) is 5.73 Å². The molecule has 78 valence electrons. The van der Waals surface area contributed by atoms with Crippen LogP contribution in [-0.2, 0) is 4.79 Å². The smallest absolute Gasteiger partial charge is 0.217 e. The summed E-state index contributed by atoms with van der Waals surface area (Å²) in [6.45, 7) is 0. The van der Waals surface area contributed by atoms with Crippen molar-refractivity contribution in [2.75, 3.05) is 0 Å². The number of primary amides is 1. The number of amides is 1. The first-order chi connectivity index (χ1) is 7.16. The molecule has 0 unspecified atom stereocenters. The lowest BCUT2D eigenvalue weighted by atomic mass is 10.1. The molecule has 0 aliphatic rings. The SMILES string of the molecule is NC(=O)CCC(=O)c1cc2occc2[nH]1. The number of hydrogen-bond donors (Lipinski definition) is 2. The van der Waals surface area contributed by atoms with Gasteiger partial charge in [0, 0.05) is 25.0 Å². The highest BCUT2D eigenvalue weighted by Gasteiger charge is 2.11. The van der Waals surface area contributed by atoms with Crippen LogP contribution in [0.15, 0.2) is 22.8 Å². The third-order valence-corrected chi connectivity index (χ3v) is 2.14. The molecule has 5 heteroatoms. The summed E-state index contributed by atoms with van der Waals surface area (Å²) in [4.78, 5) is 24.9. The van der Waals surface area contributed by atoms with Crippen molar-refractivity contribution in [1.82, 2.24) is 4.98 Å². The zero-order chi connectivity index (χ0) is 10.8. The number of rotatable bonds is 4. The Bertz CT molecular complexity index is 481. The van der Waals surface area contributed by atoms with Gasteiger partial charge in [-0.3, -0.25) is 9.59 Å². The van der Waals surface area contributed by atoms with Crippen LogP contribution in [0.3, 0.4) is 0 Å². The van der Waals surface area contributed by atoms with Crippen LogP contribution in [0.25, 0.3) is 11.1 Å². The lowest BCUT2D eigenvalue weighted by Crippen LogP contribution is -2.12. The van der Waals surface area contributed by atoms with Gasteiger partial charge >= 0.3 is 0 Å². The monoisotopic (exact) mass is 206 g/mol. The first-order valence-corrected chi connectivity index (χ1v) is 4.54. The standard InChI is InChI=1S/C10H10N2O3/c11-10(14)2-1-8(13)7-5-9-6(12-7)3-4-15-9/h3-5,12H,1-2H2,(H2,11,14). The van der Waals surface area contributed by atoms with Crippen LogP contribution in [0.5, 0.6) is 0 Å². The molecule has 0 fully saturated rings. The summed E-state index contributed by atoms with van der Waals surface area (Å²) in [7, 11) is 0.